The van der Waals surface area contributed by atoms with Crippen LogP contribution in [0.4, 0.5) is 4.79 Å². The lowest BCUT2D eigenvalue weighted by molar-refractivity contribution is 0.0167. The molecule has 3 atom stereocenters. The van der Waals surface area contributed by atoms with Gasteiger partial charge in [-0.25, -0.2) is 4.79 Å². The van der Waals surface area contributed by atoms with Gasteiger partial charge in [0.2, 0.25) is 0 Å². The number of likely N-dealkylation sites (tertiary alicyclic amines) is 1. The van der Waals surface area contributed by atoms with Crippen molar-refractivity contribution in [1.29, 1.82) is 0 Å². The van der Waals surface area contributed by atoms with Crippen LogP contribution in [0.15, 0.2) is 35.2 Å². The van der Waals surface area contributed by atoms with Gasteiger partial charge in [0.1, 0.15) is 5.60 Å². The van der Waals surface area contributed by atoms with Crippen molar-refractivity contribution in [2.45, 2.75) is 130 Å². The van der Waals surface area contributed by atoms with Gasteiger partial charge in [0, 0.05) is 64.2 Å². The smallest absolute Gasteiger partial charge is 0.410 e. The van der Waals surface area contributed by atoms with E-state index in [0.29, 0.717) is 24.6 Å². The van der Waals surface area contributed by atoms with Gasteiger partial charge in [-0.3, -0.25) is 0 Å². The number of ether oxygens (including phenoxy) is 2. The monoisotopic (exact) mass is 583 g/mol. The van der Waals surface area contributed by atoms with Crippen molar-refractivity contribution in [2.24, 2.45) is 11.3 Å². The summed E-state index contributed by atoms with van der Waals surface area (Å²) in [6.07, 6.45) is 24.4. The zero-order valence-electron chi connectivity index (χ0n) is 27.9. The van der Waals surface area contributed by atoms with Crippen molar-refractivity contribution in [3.8, 4) is 0 Å². The van der Waals surface area contributed by atoms with Crippen molar-refractivity contribution < 1.29 is 14.3 Å². The Morgan fingerprint density at radius 1 is 0.976 bits per heavy atom. The summed E-state index contributed by atoms with van der Waals surface area (Å²) in [7, 11) is 1.84. The van der Waals surface area contributed by atoms with E-state index in [0.717, 1.165) is 44.9 Å². The van der Waals surface area contributed by atoms with Crippen LogP contribution in [0.2, 0.25) is 0 Å². The number of unbranched alkanes of at least 4 members (excludes halogenated alkanes) is 1. The Labute approximate surface area is 257 Å². The Morgan fingerprint density at radius 2 is 1.76 bits per heavy atom. The molecule has 0 aromatic heterocycles. The lowest BCUT2D eigenvalue weighted by Crippen LogP contribution is -2.49. The van der Waals surface area contributed by atoms with E-state index in [2.05, 4.69) is 41.9 Å². The van der Waals surface area contributed by atoms with Crippen molar-refractivity contribution in [3.05, 3.63) is 35.2 Å². The molecule has 0 spiro atoms. The second kappa shape index (κ2) is 15.2. The second-order valence-electron chi connectivity index (χ2n) is 14.5. The maximum Gasteiger partial charge on any atom is 0.410 e. The minimum Gasteiger partial charge on any atom is -0.444 e. The molecule has 2 unspecified atom stereocenters. The Kier molecular flexibility index (Phi) is 11.9. The number of hydrogen-bond donors (Lipinski definition) is 0. The molecule has 42 heavy (non-hydrogen) atoms. The molecule has 0 N–H and O–H groups in total. The van der Waals surface area contributed by atoms with Gasteiger partial charge in [-0.1, -0.05) is 52.0 Å². The Balaban J connectivity index is 1.53. The van der Waals surface area contributed by atoms with E-state index < -0.39 is 5.60 Å². The molecule has 2 saturated heterocycles. The molecule has 0 aromatic rings. The summed E-state index contributed by atoms with van der Waals surface area (Å²) >= 11 is 0. The first-order valence-corrected chi connectivity index (χ1v) is 17.3. The maximum atomic E-state index is 12.8. The highest BCUT2D eigenvalue weighted by Gasteiger charge is 2.33. The van der Waals surface area contributed by atoms with Crippen molar-refractivity contribution in [1.82, 2.24) is 14.7 Å². The summed E-state index contributed by atoms with van der Waals surface area (Å²) in [5.74, 6) is 0.749. The highest BCUT2D eigenvalue weighted by Crippen LogP contribution is 2.46. The van der Waals surface area contributed by atoms with Crippen LogP contribution >= 0.6 is 0 Å². The SMILES string of the molecule is CCCCC1(CCC)CCCC(CC2=C(N3CCN(C(=O)OC(C)(C)C)CC3)CC=CC(N3CC[C@@H](OC)C3)=C2)CC1. The van der Waals surface area contributed by atoms with Crippen LogP contribution in [0.25, 0.3) is 0 Å². The highest BCUT2D eigenvalue weighted by molar-refractivity contribution is 5.68. The van der Waals surface area contributed by atoms with Gasteiger partial charge >= 0.3 is 6.09 Å². The number of amides is 1. The van der Waals surface area contributed by atoms with Crippen LogP contribution in [0.5, 0.6) is 0 Å². The molecule has 4 aliphatic rings. The molecule has 2 heterocycles. The number of allylic oxidation sites excluding steroid dienone is 4. The molecular weight excluding hydrogens is 522 g/mol. The summed E-state index contributed by atoms with van der Waals surface area (Å²) in [6.45, 7) is 15.8. The minimum atomic E-state index is -0.460. The normalized spacial score (nSPS) is 27.7. The van der Waals surface area contributed by atoms with Crippen molar-refractivity contribution in [3.63, 3.8) is 0 Å². The summed E-state index contributed by atoms with van der Waals surface area (Å²) < 4.78 is 11.4. The van der Waals surface area contributed by atoms with Crippen LogP contribution < -0.4 is 0 Å². The molecule has 238 valence electrons. The predicted octanol–water partition coefficient (Wildman–Crippen LogP) is 8.30. The zero-order valence-corrected chi connectivity index (χ0v) is 27.9. The van der Waals surface area contributed by atoms with E-state index in [-0.39, 0.29) is 6.09 Å². The van der Waals surface area contributed by atoms with E-state index in [1.54, 1.807) is 0 Å². The molecule has 4 rings (SSSR count). The molecule has 6 nitrogen and oxygen atoms in total. The van der Waals surface area contributed by atoms with Gasteiger partial charge in [0.15, 0.2) is 0 Å². The number of carbonyl (C=O) groups excluding carboxylic acids is 1. The molecule has 3 fully saturated rings. The third-order valence-electron chi connectivity index (χ3n) is 10.2. The number of piperazine rings is 1. The van der Waals surface area contributed by atoms with Crippen LogP contribution in [-0.4, -0.2) is 78.9 Å². The quantitative estimate of drug-likeness (QED) is 0.242. The highest BCUT2D eigenvalue weighted by atomic mass is 16.6. The molecular formula is C36H61N3O3. The topological polar surface area (TPSA) is 45.2 Å². The fourth-order valence-electron chi connectivity index (χ4n) is 7.85. The van der Waals surface area contributed by atoms with Gasteiger partial charge < -0.3 is 24.2 Å². The van der Waals surface area contributed by atoms with E-state index in [1.165, 1.54) is 87.6 Å². The van der Waals surface area contributed by atoms with E-state index in [4.69, 9.17) is 9.47 Å². The van der Waals surface area contributed by atoms with Gasteiger partial charge in [-0.15, -0.1) is 0 Å². The van der Waals surface area contributed by atoms with Crippen molar-refractivity contribution >= 4 is 6.09 Å². The molecule has 1 amide bonds. The molecule has 2 aliphatic carbocycles. The van der Waals surface area contributed by atoms with E-state index >= 15 is 0 Å². The first-order chi connectivity index (χ1) is 20.1. The average molecular weight is 584 g/mol. The number of rotatable bonds is 10. The van der Waals surface area contributed by atoms with Crippen LogP contribution in [0.1, 0.15) is 118 Å². The predicted molar refractivity (Wildman–Crippen MR) is 173 cm³/mol. The lowest BCUT2D eigenvalue weighted by atomic mass is 9.73. The number of methoxy groups -OCH3 is 1. The molecule has 0 bridgehead atoms. The lowest BCUT2D eigenvalue weighted by Gasteiger charge is -2.38. The van der Waals surface area contributed by atoms with Crippen LogP contribution in [0, 0.1) is 11.3 Å². The average Bonchev–Trinajstić information content (AvgIpc) is 3.23. The third kappa shape index (κ3) is 9.03. The summed E-state index contributed by atoms with van der Waals surface area (Å²) in [6, 6.07) is 0. The molecule has 2 aliphatic heterocycles. The second-order valence-corrected chi connectivity index (χ2v) is 14.5. The Hall–Kier alpha value is -1.95. The standard InChI is InChI=1S/C36H61N3O3/c1-7-9-18-36(17-8-2)19-11-12-29(15-20-36)26-30-27-31(39-21-16-32(28-39)41-6)13-10-14-33(30)37-22-24-38(25-23-37)34(40)42-35(3,4)5/h10,13,27,29,32H,7-9,11-12,14-26,28H2,1-6H3/t29?,32-,36?/m1/s1. The number of carbonyl (C=O) groups is 1. The summed E-state index contributed by atoms with van der Waals surface area (Å²) in [5, 5.41) is 0. The Bertz CT molecular complexity index is 972. The van der Waals surface area contributed by atoms with E-state index in [1.807, 2.05) is 32.8 Å². The zero-order chi connectivity index (χ0) is 30.2. The summed E-state index contributed by atoms with van der Waals surface area (Å²) in [4.78, 5) is 19.7. The van der Waals surface area contributed by atoms with Crippen LogP contribution in [0.3, 0.4) is 0 Å². The first-order valence-electron chi connectivity index (χ1n) is 17.3. The van der Waals surface area contributed by atoms with Gasteiger partial charge in [-0.05, 0) is 94.8 Å². The summed E-state index contributed by atoms with van der Waals surface area (Å²) in [5.41, 5.74) is 4.47. The Morgan fingerprint density at radius 3 is 2.43 bits per heavy atom. The number of hydrogen-bond acceptors (Lipinski definition) is 5. The number of nitrogens with zero attached hydrogens (tertiary/aromatic N) is 3. The molecule has 1 saturated carbocycles. The molecule has 0 radical (unpaired) electrons. The fraction of sp³-hybridized carbons (Fsp3) is 0.806. The van der Waals surface area contributed by atoms with Crippen LogP contribution in [-0.2, 0) is 9.47 Å². The van der Waals surface area contributed by atoms with Gasteiger partial charge in [0.05, 0.1) is 6.10 Å². The van der Waals surface area contributed by atoms with Gasteiger partial charge in [0.25, 0.3) is 0 Å². The largest absolute Gasteiger partial charge is 0.444 e. The molecule has 0 aromatic carbocycles. The molecule has 6 heteroatoms. The van der Waals surface area contributed by atoms with Crippen molar-refractivity contribution in [2.75, 3.05) is 46.4 Å². The van der Waals surface area contributed by atoms with E-state index in [9.17, 15) is 4.79 Å². The third-order valence-corrected chi connectivity index (χ3v) is 10.2. The maximum absolute atomic E-state index is 12.8. The first kappa shape index (κ1) is 33.0. The minimum absolute atomic E-state index is 0.182. The fourth-order valence-corrected chi connectivity index (χ4v) is 7.85. The van der Waals surface area contributed by atoms with Gasteiger partial charge in [-0.2, -0.15) is 0 Å².